The van der Waals surface area contributed by atoms with Crippen LogP contribution in [0.2, 0.25) is 0 Å². The van der Waals surface area contributed by atoms with Crippen molar-refractivity contribution in [1.82, 2.24) is 4.98 Å². The molecule has 0 atom stereocenters. The first-order valence-electron chi connectivity index (χ1n) is 3.35. The van der Waals surface area contributed by atoms with Gasteiger partial charge in [-0.2, -0.15) is 0 Å². The van der Waals surface area contributed by atoms with Gasteiger partial charge in [-0.05, 0) is 6.07 Å². The third-order valence-corrected chi connectivity index (χ3v) is 2.03. The number of halogens is 4. The number of pyridine rings is 1. The van der Waals surface area contributed by atoms with E-state index in [0.717, 1.165) is 0 Å². The molecular weight excluding hydrogens is 249 g/mol. The van der Waals surface area contributed by atoms with Gasteiger partial charge in [-0.15, -0.1) is 0 Å². The number of nitrogen functional groups attached to an aromatic ring is 1. The first kappa shape index (κ1) is 10.3. The molecule has 72 valence electrons. The molecule has 0 unspecified atom stereocenters. The summed E-state index contributed by atoms with van der Waals surface area (Å²) < 4.78 is 37.4. The maximum atomic E-state index is 13.1. The maximum Gasteiger partial charge on any atom is 0.283 e. The van der Waals surface area contributed by atoms with Gasteiger partial charge in [0.25, 0.3) is 6.43 Å². The van der Waals surface area contributed by atoms with Crippen molar-refractivity contribution in [2.45, 2.75) is 11.8 Å². The predicted molar refractivity (Wildman–Crippen MR) is 46.2 cm³/mol. The quantitative estimate of drug-likeness (QED) is 0.825. The first-order valence-corrected chi connectivity index (χ1v) is 4.47. The van der Waals surface area contributed by atoms with E-state index in [1.165, 1.54) is 6.07 Å². The number of aromatic nitrogens is 1. The molecule has 0 aromatic carbocycles. The minimum absolute atomic E-state index is 0.0859. The van der Waals surface area contributed by atoms with E-state index in [2.05, 4.69) is 20.9 Å². The van der Waals surface area contributed by atoms with Gasteiger partial charge in [-0.25, -0.2) is 18.2 Å². The van der Waals surface area contributed by atoms with E-state index in [9.17, 15) is 13.2 Å². The molecule has 0 saturated heterocycles. The molecule has 0 radical (unpaired) electrons. The fourth-order valence-corrected chi connectivity index (χ4v) is 1.28. The lowest BCUT2D eigenvalue weighted by molar-refractivity contribution is 0.140. The summed E-state index contributed by atoms with van der Waals surface area (Å²) in [5.41, 5.74) is 4.40. The Hall–Kier alpha value is -0.780. The largest absolute Gasteiger partial charge is 0.384 e. The molecule has 0 saturated carbocycles. The summed E-state index contributed by atoms with van der Waals surface area (Å²) in [5.74, 6) is -1.10. The summed E-state index contributed by atoms with van der Waals surface area (Å²) in [5, 5.41) is 0.130. The van der Waals surface area contributed by atoms with E-state index in [1.54, 1.807) is 0 Å². The molecule has 1 heterocycles. The number of hydrogen-bond acceptors (Lipinski definition) is 2. The zero-order valence-corrected chi connectivity index (χ0v) is 7.98. The second-order valence-corrected chi connectivity index (χ2v) is 2.90. The van der Waals surface area contributed by atoms with E-state index >= 15 is 0 Å². The van der Waals surface area contributed by atoms with Crippen LogP contribution >= 0.6 is 15.9 Å². The van der Waals surface area contributed by atoms with Gasteiger partial charge in [-0.1, -0.05) is 15.9 Å². The van der Waals surface area contributed by atoms with Crippen molar-refractivity contribution in [2.24, 2.45) is 0 Å². The van der Waals surface area contributed by atoms with E-state index < -0.39 is 17.9 Å². The Labute approximate surface area is 81.1 Å². The summed E-state index contributed by atoms with van der Waals surface area (Å²) >= 11 is 2.96. The third-order valence-electron chi connectivity index (χ3n) is 1.43. The van der Waals surface area contributed by atoms with Crippen molar-refractivity contribution in [1.29, 1.82) is 0 Å². The summed E-state index contributed by atoms with van der Waals surface area (Å²) in [6.07, 6.45) is -2.94. The van der Waals surface area contributed by atoms with Gasteiger partial charge in [0.2, 0.25) is 0 Å². The lowest BCUT2D eigenvalue weighted by Crippen LogP contribution is -2.03. The van der Waals surface area contributed by atoms with Crippen LogP contribution in [0.5, 0.6) is 0 Å². The van der Waals surface area contributed by atoms with Crippen molar-refractivity contribution in [3.63, 3.8) is 0 Å². The topological polar surface area (TPSA) is 38.9 Å². The molecular formula is C7H6BrF3N2. The zero-order valence-electron chi connectivity index (χ0n) is 6.40. The Morgan fingerprint density at radius 3 is 2.62 bits per heavy atom. The van der Waals surface area contributed by atoms with Crippen molar-refractivity contribution in [3.05, 3.63) is 23.1 Å². The van der Waals surface area contributed by atoms with Gasteiger partial charge in [0.05, 0.1) is 0 Å². The van der Waals surface area contributed by atoms with Crippen LogP contribution in [0.25, 0.3) is 0 Å². The molecule has 0 spiro atoms. The Morgan fingerprint density at radius 1 is 1.54 bits per heavy atom. The minimum atomic E-state index is -2.94. The monoisotopic (exact) mass is 254 g/mol. The molecule has 0 fully saturated rings. The lowest BCUT2D eigenvalue weighted by Gasteiger charge is -2.05. The van der Waals surface area contributed by atoms with Crippen LogP contribution in [0.1, 0.15) is 17.7 Å². The third kappa shape index (κ3) is 2.12. The molecule has 0 aliphatic rings. The Balaban J connectivity index is 3.27. The van der Waals surface area contributed by atoms with E-state index in [-0.39, 0.29) is 16.7 Å². The second kappa shape index (κ2) is 3.95. The van der Waals surface area contributed by atoms with Gasteiger partial charge >= 0.3 is 0 Å². The van der Waals surface area contributed by atoms with Crippen molar-refractivity contribution in [3.8, 4) is 0 Å². The summed E-state index contributed by atoms with van der Waals surface area (Å²) in [6.45, 7) is 0. The molecule has 13 heavy (non-hydrogen) atoms. The van der Waals surface area contributed by atoms with E-state index in [0.29, 0.717) is 0 Å². The molecule has 2 N–H and O–H groups in total. The van der Waals surface area contributed by atoms with Gasteiger partial charge < -0.3 is 5.73 Å². The van der Waals surface area contributed by atoms with Crippen LogP contribution < -0.4 is 5.73 Å². The van der Waals surface area contributed by atoms with Gasteiger partial charge in [0.15, 0.2) is 5.82 Å². The Bertz CT molecular complexity index is 317. The fourth-order valence-electron chi connectivity index (χ4n) is 0.869. The van der Waals surface area contributed by atoms with Crippen LogP contribution in [0, 0.1) is 5.82 Å². The highest BCUT2D eigenvalue weighted by atomic mass is 79.9. The molecule has 6 heteroatoms. The summed E-state index contributed by atoms with van der Waals surface area (Å²) in [7, 11) is 0. The maximum absolute atomic E-state index is 13.1. The van der Waals surface area contributed by atoms with Crippen LogP contribution in [0.3, 0.4) is 0 Å². The highest BCUT2D eigenvalue weighted by Crippen LogP contribution is 2.24. The van der Waals surface area contributed by atoms with Crippen LogP contribution in [0.15, 0.2) is 6.07 Å². The molecule has 0 aliphatic heterocycles. The van der Waals surface area contributed by atoms with Crippen LogP contribution in [-0.2, 0) is 5.33 Å². The average molecular weight is 255 g/mol. The summed E-state index contributed by atoms with van der Waals surface area (Å²) in [4.78, 5) is 3.21. The summed E-state index contributed by atoms with van der Waals surface area (Å²) in [6, 6.07) is 1.22. The van der Waals surface area contributed by atoms with E-state index in [1.807, 2.05) is 0 Å². The molecule has 0 bridgehead atoms. The molecule has 0 aliphatic carbocycles. The number of rotatable bonds is 2. The average Bonchev–Trinajstić information content (AvgIpc) is 2.08. The van der Waals surface area contributed by atoms with Gasteiger partial charge in [0.1, 0.15) is 11.5 Å². The second-order valence-electron chi connectivity index (χ2n) is 2.34. The molecule has 1 aromatic rings. The SMILES string of the molecule is Nc1cc(CBr)c(F)c(C(F)F)n1. The Morgan fingerprint density at radius 2 is 2.15 bits per heavy atom. The standard InChI is InChI=1S/C7H6BrF3N2/c8-2-3-1-4(12)13-6(5(3)9)7(10)11/h1,7H,2H2,(H2,12,13). The van der Waals surface area contributed by atoms with Crippen molar-refractivity contribution < 1.29 is 13.2 Å². The molecule has 1 aromatic heterocycles. The van der Waals surface area contributed by atoms with Crippen molar-refractivity contribution in [2.75, 3.05) is 5.73 Å². The van der Waals surface area contributed by atoms with Gasteiger partial charge in [0, 0.05) is 10.9 Å². The van der Waals surface area contributed by atoms with Crippen LogP contribution in [0.4, 0.5) is 19.0 Å². The van der Waals surface area contributed by atoms with E-state index in [4.69, 9.17) is 5.73 Å². The van der Waals surface area contributed by atoms with Crippen molar-refractivity contribution >= 4 is 21.7 Å². The number of anilines is 1. The predicted octanol–water partition coefficient (Wildman–Crippen LogP) is 2.64. The first-order chi connectivity index (χ1) is 6.06. The highest BCUT2D eigenvalue weighted by molar-refractivity contribution is 9.08. The zero-order chi connectivity index (χ0) is 10.0. The normalized spacial score (nSPS) is 10.8. The Kier molecular flexibility index (Phi) is 3.13. The fraction of sp³-hybridized carbons (Fsp3) is 0.286. The molecule has 2 nitrogen and oxygen atoms in total. The molecule has 0 amide bonds. The minimum Gasteiger partial charge on any atom is -0.384 e. The number of nitrogens with two attached hydrogens (primary N) is 1. The number of nitrogens with zero attached hydrogens (tertiary/aromatic N) is 1. The number of hydrogen-bond donors (Lipinski definition) is 1. The van der Waals surface area contributed by atoms with Gasteiger partial charge in [-0.3, -0.25) is 0 Å². The molecule has 1 rings (SSSR count). The number of alkyl halides is 3. The smallest absolute Gasteiger partial charge is 0.283 e. The lowest BCUT2D eigenvalue weighted by atomic mass is 10.2. The van der Waals surface area contributed by atoms with Crippen LogP contribution in [-0.4, -0.2) is 4.98 Å². The highest BCUT2D eigenvalue weighted by Gasteiger charge is 2.18.